The molecule has 0 aromatic carbocycles. The van der Waals surface area contributed by atoms with Gasteiger partial charge in [-0.05, 0) is 38.0 Å². The number of rotatable bonds is 4. The van der Waals surface area contributed by atoms with Gasteiger partial charge in [0.15, 0.2) is 5.83 Å². The van der Waals surface area contributed by atoms with Crippen molar-refractivity contribution in [3.8, 4) is 6.07 Å². The number of halogens is 2. The summed E-state index contributed by atoms with van der Waals surface area (Å²) in [5.41, 5.74) is 1.68. The monoisotopic (exact) mass is 288 g/mol. The second-order valence-electron chi connectivity index (χ2n) is 4.67. The van der Waals surface area contributed by atoms with Crippen LogP contribution in [0.1, 0.15) is 20.3 Å². The number of likely N-dealkylation sites (N-methyl/N-ethyl adjacent to an activating group) is 1. The summed E-state index contributed by atoms with van der Waals surface area (Å²) in [4.78, 5) is 0. The van der Waals surface area contributed by atoms with Crippen LogP contribution < -0.4 is 5.32 Å². The van der Waals surface area contributed by atoms with Crippen molar-refractivity contribution in [1.82, 2.24) is 5.32 Å². The Morgan fingerprint density at radius 3 is 2.67 bits per heavy atom. The van der Waals surface area contributed by atoms with Crippen molar-refractivity contribution in [1.29, 1.82) is 5.26 Å². The molecule has 0 fully saturated rings. The summed E-state index contributed by atoms with van der Waals surface area (Å²) in [5.74, 6) is -1.66. The number of nitrogens with zero attached hydrogens (tertiary/aromatic N) is 1. The summed E-state index contributed by atoms with van der Waals surface area (Å²) in [6.45, 7) is 7.17. The lowest BCUT2D eigenvalue weighted by molar-refractivity contribution is 0.611. The van der Waals surface area contributed by atoms with Crippen LogP contribution >= 0.6 is 0 Å². The zero-order valence-electron chi connectivity index (χ0n) is 12.4. The first-order valence-electron chi connectivity index (χ1n) is 6.51. The van der Waals surface area contributed by atoms with E-state index in [0.29, 0.717) is 11.3 Å². The Hall–Kier alpha value is -2.41. The molecule has 0 amide bonds. The molecule has 1 rings (SSSR count). The largest absolute Gasteiger partial charge is 0.388 e. The van der Waals surface area contributed by atoms with Gasteiger partial charge in [0.2, 0.25) is 0 Å². The van der Waals surface area contributed by atoms with Gasteiger partial charge >= 0.3 is 0 Å². The number of allylic oxidation sites excluding steroid dienone is 9. The van der Waals surface area contributed by atoms with Crippen LogP contribution in [0.2, 0.25) is 0 Å². The average Bonchev–Trinajstić information content (AvgIpc) is 2.54. The van der Waals surface area contributed by atoms with Crippen LogP contribution in [0.25, 0.3) is 0 Å². The minimum Gasteiger partial charge on any atom is -0.388 e. The molecule has 0 aromatic heterocycles. The summed E-state index contributed by atoms with van der Waals surface area (Å²) >= 11 is 0. The van der Waals surface area contributed by atoms with Gasteiger partial charge in [-0.3, -0.25) is 0 Å². The van der Waals surface area contributed by atoms with Crippen LogP contribution in [-0.2, 0) is 0 Å². The summed E-state index contributed by atoms with van der Waals surface area (Å²) < 4.78 is 28.3. The maximum absolute atomic E-state index is 14.5. The van der Waals surface area contributed by atoms with Gasteiger partial charge in [-0.2, -0.15) is 5.26 Å². The van der Waals surface area contributed by atoms with Crippen LogP contribution in [-0.4, -0.2) is 7.05 Å². The van der Waals surface area contributed by atoms with E-state index in [1.54, 1.807) is 38.3 Å². The van der Waals surface area contributed by atoms with Crippen molar-refractivity contribution in [2.45, 2.75) is 20.3 Å². The average molecular weight is 288 g/mol. The van der Waals surface area contributed by atoms with Gasteiger partial charge in [0.1, 0.15) is 17.5 Å². The Balaban J connectivity index is 3.51. The molecule has 1 N–H and O–H groups in total. The number of hydrogen-bond acceptors (Lipinski definition) is 2. The lowest BCUT2D eigenvalue weighted by atomic mass is 10.00. The molecule has 0 radical (unpaired) electrons. The molecule has 2 nitrogen and oxygen atoms in total. The molecule has 0 saturated heterocycles. The van der Waals surface area contributed by atoms with Crippen molar-refractivity contribution in [2.24, 2.45) is 0 Å². The molecule has 110 valence electrons. The first kappa shape index (κ1) is 16.6. The summed E-state index contributed by atoms with van der Waals surface area (Å²) in [6.07, 6.45) is 6.61. The highest BCUT2D eigenvalue weighted by Gasteiger charge is 2.23. The predicted octanol–water partition coefficient (Wildman–Crippen LogP) is 4.54. The van der Waals surface area contributed by atoms with Gasteiger partial charge in [0, 0.05) is 18.3 Å². The van der Waals surface area contributed by atoms with Crippen LogP contribution in [0.4, 0.5) is 8.78 Å². The topological polar surface area (TPSA) is 35.8 Å². The Morgan fingerprint density at radius 1 is 1.48 bits per heavy atom. The van der Waals surface area contributed by atoms with E-state index >= 15 is 0 Å². The molecule has 0 aliphatic heterocycles. The molecule has 0 heterocycles. The lowest BCUT2D eigenvalue weighted by Crippen LogP contribution is -2.11. The molecule has 4 heteroatoms. The molecular formula is C17H18F2N2. The van der Waals surface area contributed by atoms with E-state index in [1.807, 2.05) is 6.92 Å². The van der Waals surface area contributed by atoms with Crippen molar-refractivity contribution in [3.05, 3.63) is 70.5 Å². The minimum absolute atomic E-state index is 0.231. The molecular weight excluding hydrogens is 270 g/mol. The van der Waals surface area contributed by atoms with Crippen molar-refractivity contribution >= 4 is 0 Å². The van der Waals surface area contributed by atoms with Gasteiger partial charge in [0.05, 0.1) is 0 Å². The fourth-order valence-electron chi connectivity index (χ4n) is 2.05. The first-order chi connectivity index (χ1) is 9.96. The maximum Gasteiger partial charge on any atom is 0.153 e. The third kappa shape index (κ3) is 3.79. The van der Waals surface area contributed by atoms with E-state index in [0.717, 1.165) is 5.57 Å². The van der Waals surface area contributed by atoms with Crippen LogP contribution in [0.15, 0.2) is 70.5 Å². The van der Waals surface area contributed by atoms with Crippen LogP contribution in [0.3, 0.4) is 0 Å². The number of nitriles is 1. The summed E-state index contributed by atoms with van der Waals surface area (Å²) in [6, 6.07) is 1.59. The van der Waals surface area contributed by atoms with E-state index < -0.39 is 17.2 Å². The third-order valence-corrected chi connectivity index (χ3v) is 3.10. The van der Waals surface area contributed by atoms with E-state index in [9.17, 15) is 8.78 Å². The molecule has 0 aromatic rings. The second kappa shape index (κ2) is 7.39. The molecule has 21 heavy (non-hydrogen) atoms. The van der Waals surface area contributed by atoms with Crippen LogP contribution in [0, 0.1) is 11.3 Å². The Labute approximate surface area is 124 Å². The fourth-order valence-corrected chi connectivity index (χ4v) is 2.05. The molecule has 0 saturated carbocycles. The lowest BCUT2D eigenvalue weighted by Gasteiger charge is -2.14. The number of hydrogen-bond donors (Lipinski definition) is 1. The standard InChI is InChI=1S/C17H18F2N2/c1-5-6-11(2)9-15(21-4)16-12(3)7-8-14(18)13(10-20)17(16)19/h5-6,8-9,21H,1,7H2,2-4H3/b11-6-,15-9-. The van der Waals surface area contributed by atoms with Crippen molar-refractivity contribution in [3.63, 3.8) is 0 Å². The molecule has 0 spiro atoms. The van der Waals surface area contributed by atoms with Gasteiger partial charge in [-0.15, -0.1) is 0 Å². The van der Waals surface area contributed by atoms with Crippen molar-refractivity contribution in [2.75, 3.05) is 7.05 Å². The highest BCUT2D eigenvalue weighted by atomic mass is 19.1. The summed E-state index contributed by atoms with van der Waals surface area (Å²) in [7, 11) is 1.65. The zero-order valence-corrected chi connectivity index (χ0v) is 12.4. The fraction of sp³-hybridized carbons (Fsp3) is 0.235. The Kier molecular flexibility index (Phi) is 5.86. The predicted molar refractivity (Wildman–Crippen MR) is 81.4 cm³/mol. The quantitative estimate of drug-likeness (QED) is 0.771. The van der Waals surface area contributed by atoms with Gasteiger partial charge in [-0.25, -0.2) is 8.78 Å². The highest BCUT2D eigenvalue weighted by Crippen LogP contribution is 2.34. The third-order valence-electron chi connectivity index (χ3n) is 3.10. The Bertz CT molecular complexity index is 638. The van der Waals surface area contributed by atoms with Gasteiger partial charge < -0.3 is 5.32 Å². The minimum atomic E-state index is -0.840. The SMILES string of the molecule is C=C/C=C(C)\C=C(/NC)C1=C(C)CC=C(F)C(C#N)=C1F. The first-order valence-corrected chi connectivity index (χ1v) is 6.51. The van der Waals surface area contributed by atoms with E-state index in [1.165, 1.54) is 6.08 Å². The van der Waals surface area contributed by atoms with E-state index in [-0.39, 0.29) is 12.0 Å². The van der Waals surface area contributed by atoms with E-state index in [2.05, 4.69) is 11.9 Å². The Morgan fingerprint density at radius 2 is 2.14 bits per heavy atom. The smallest absolute Gasteiger partial charge is 0.153 e. The number of nitrogens with one attached hydrogen (secondary N) is 1. The summed E-state index contributed by atoms with van der Waals surface area (Å²) in [5, 5.41) is 11.9. The van der Waals surface area contributed by atoms with E-state index in [4.69, 9.17) is 5.26 Å². The van der Waals surface area contributed by atoms with Crippen LogP contribution in [0.5, 0.6) is 0 Å². The second-order valence-corrected chi connectivity index (χ2v) is 4.67. The van der Waals surface area contributed by atoms with Crippen molar-refractivity contribution < 1.29 is 8.78 Å². The van der Waals surface area contributed by atoms with Gasteiger partial charge in [-0.1, -0.05) is 24.3 Å². The molecule has 0 bridgehead atoms. The highest BCUT2D eigenvalue weighted by molar-refractivity contribution is 5.57. The maximum atomic E-state index is 14.5. The zero-order chi connectivity index (χ0) is 16.0. The van der Waals surface area contributed by atoms with Gasteiger partial charge in [0.25, 0.3) is 0 Å². The molecule has 0 unspecified atom stereocenters. The molecule has 0 atom stereocenters. The molecule has 1 aliphatic carbocycles. The molecule has 1 aliphatic rings. The normalized spacial score (nSPS) is 17.2.